The first kappa shape index (κ1) is 13.2. The fourth-order valence-corrected chi connectivity index (χ4v) is 2.14. The summed E-state index contributed by atoms with van der Waals surface area (Å²) in [7, 11) is 3.21. The van der Waals surface area contributed by atoms with Crippen LogP contribution in [0.15, 0.2) is 48.7 Å². The molecule has 106 valence electrons. The van der Waals surface area contributed by atoms with Crippen LogP contribution in [0.5, 0.6) is 11.5 Å². The van der Waals surface area contributed by atoms with Crippen molar-refractivity contribution in [3.05, 3.63) is 48.7 Å². The molecule has 0 amide bonds. The first-order chi connectivity index (χ1) is 10.3. The standard InChI is InChI=1S/C16H15N3O2/c1-20-14-9-5-8-13(16(14)21-2)19-15-10-17-11-6-3-4-7-12(11)18-15/h3-10H,1-2H3,(H,18,19). The van der Waals surface area contributed by atoms with Crippen LogP contribution in [-0.2, 0) is 0 Å². The Kier molecular flexibility index (Phi) is 3.55. The Hall–Kier alpha value is -2.82. The maximum absolute atomic E-state index is 5.39. The second kappa shape index (κ2) is 5.66. The number of rotatable bonds is 4. The van der Waals surface area contributed by atoms with Gasteiger partial charge in [-0.3, -0.25) is 4.98 Å². The van der Waals surface area contributed by atoms with E-state index in [1.807, 2.05) is 42.5 Å². The van der Waals surface area contributed by atoms with Crippen LogP contribution in [0.1, 0.15) is 0 Å². The number of nitrogens with zero attached hydrogens (tertiary/aromatic N) is 2. The van der Waals surface area contributed by atoms with Crippen LogP contribution in [0.2, 0.25) is 0 Å². The molecule has 0 aliphatic carbocycles. The van der Waals surface area contributed by atoms with Gasteiger partial charge < -0.3 is 14.8 Å². The van der Waals surface area contributed by atoms with Gasteiger partial charge in [0.15, 0.2) is 11.5 Å². The Labute approximate surface area is 122 Å². The molecule has 0 bridgehead atoms. The maximum atomic E-state index is 5.39. The zero-order valence-electron chi connectivity index (χ0n) is 11.8. The number of hydrogen-bond donors (Lipinski definition) is 1. The highest BCUT2D eigenvalue weighted by Gasteiger charge is 2.10. The lowest BCUT2D eigenvalue weighted by atomic mass is 10.2. The van der Waals surface area contributed by atoms with Gasteiger partial charge >= 0.3 is 0 Å². The molecular weight excluding hydrogens is 266 g/mol. The van der Waals surface area contributed by atoms with Gasteiger partial charge in [0.1, 0.15) is 5.82 Å². The molecule has 1 aromatic heterocycles. The molecule has 0 unspecified atom stereocenters. The Morgan fingerprint density at radius 3 is 2.48 bits per heavy atom. The number of ether oxygens (including phenoxy) is 2. The number of methoxy groups -OCH3 is 2. The van der Waals surface area contributed by atoms with Crippen molar-refractivity contribution in [3.63, 3.8) is 0 Å². The number of para-hydroxylation sites is 3. The fraction of sp³-hybridized carbons (Fsp3) is 0.125. The number of hydrogen-bond acceptors (Lipinski definition) is 5. The molecule has 0 spiro atoms. The average molecular weight is 281 g/mol. The second-order valence-corrected chi connectivity index (χ2v) is 4.41. The molecule has 0 aliphatic rings. The summed E-state index contributed by atoms with van der Waals surface area (Å²) in [5.41, 5.74) is 2.48. The monoisotopic (exact) mass is 281 g/mol. The van der Waals surface area contributed by atoms with E-state index < -0.39 is 0 Å². The second-order valence-electron chi connectivity index (χ2n) is 4.41. The third kappa shape index (κ3) is 2.58. The van der Waals surface area contributed by atoms with Crippen LogP contribution in [-0.4, -0.2) is 24.2 Å². The summed E-state index contributed by atoms with van der Waals surface area (Å²) in [6.45, 7) is 0. The molecule has 0 atom stereocenters. The van der Waals surface area contributed by atoms with Crippen molar-refractivity contribution in [3.8, 4) is 11.5 Å². The number of benzene rings is 2. The first-order valence-corrected chi connectivity index (χ1v) is 6.51. The van der Waals surface area contributed by atoms with E-state index in [-0.39, 0.29) is 0 Å². The van der Waals surface area contributed by atoms with Crippen molar-refractivity contribution in [2.75, 3.05) is 19.5 Å². The quantitative estimate of drug-likeness (QED) is 0.794. The van der Waals surface area contributed by atoms with Crippen molar-refractivity contribution in [1.82, 2.24) is 9.97 Å². The lowest BCUT2D eigenvalue weighted by Crippen LogP contribution is -1.99. The van der Waals surface area contributed by atoms with Crippen molar-refractivity contribution in [1.29, 1.82) is 0 Å². The molecular formula is C16H15N3O2. The van der Waals surface area contributed by atoms with Gasteiger partial charge in [0.2, 0.25) is 0 Å². The Morgan fingerprint density at radius 2 is 1.71 bits per heavy atom. The van der Waals surface area contributed by atoms with E-state index in [1.54, 1.807) is 20.4 Å². The van der Waals surface area contributed by atoms with E-state index in [4.69, 9.17) is 9.47 Å². The normalized spacial score (nSPS) is 10.4. The summed E-state index contributed by atoms with van der Waals surface area (Å²) in [4.78, 5) is 8.91. The van der Waals surface area contributed by atoms with Crippen molar-refractivity contribution in [2.24, 2.45) is 0 Å². The van der Waals surface area contributed by atoms with E-state index in [9.17, 15) is 0 Å². The van der Waals surface area contributed by atoms with Gasteiger partial charge in [-0.25, -0.2) is 4.98 Å². The van der Waals surface area contributed by atoms with Crippen LogP contribution in [0, 0.1) is 0 Å². The van der Waals surface area contributed by atoms with Gasteiger partial charge in [0.05, 0.1) is 37.1 Å². The minimum Gasteiger partial charge on any atom is -0.493 e. The maximum Gasteiger partial charge on any atom is 0.184 e. The summed E-state index contributed by atoms with van der Waals surface area (Å²) in [6.07, 6.45) is 1.70. The van der Waals surface area contributed by atoms with Crippen LogP contribution >= 0.6 is 0 Å². The smallest absolute Gasteiger partial charge is 0.184 e. The molecule has 3 rings (SSSR count). The number of aromatic nitrogens is 2. The zero-order chi connectivity index (χ0) is 14.7. The summed E-state index contributed by atoms with van der Waals surface area (Å²) < 4.78 is 10.7. The van der Waals surface area contributed by atoms with Gasteiger partial charge in [-0.2, -0.15) is 0 Å². The minimum atomic E-state index is 0.634. The average Bonchev–Trinajstić information content (AvgIpc) is 2.54. The van der Waals surface area contributed by atoms with E-state index in [0.717, 1.165) is 16.7 Å². The molecule has 2 aromatic carbocycles. The topological polar surface area (TPSA) is 56.3 Å². The third-order valence-electron chi connectivity index (χ3n) is 3.11. The summed E-state index contributed by atoms with van der Waals surface area (Å²) in [5.74, 6) is 1.95. The molecule has 0 saturated carbocycles. The van der Waals surface area contributed by atoms with Crippen molar-refractivity contribution < 1.29 is 9.47 Å². The molecule has 5 heteroatoms. The van der Waals surface area contributed by atoms with Crippen molar-refractivity contribution >= 4 is 22.5 Å². The first-order valence-electron chi connectivity index (χ1n) is 6.51. The number of anilines is 2. The molecule has 0 saturated heterocycles. The summed E-state index contributed by atoms with van der Waals surface area (Å²) in [5, 5.41) is 3.21. The van der Waals surface area contributed by atoms with Crippen LogP contribution in [0.4, 0.5) is 11.5 Å². The molecule has 5 nitrogen and oxygen atoms in total. The molecule has 1 N–H and O–H groups in total. The lowest BCUT2D eigenvalue weighted by molar-refractivity contribution is 0.356. The summed E-state index contributed by atoms with van der Waals surface area (Å²) >= 11 is 0. The lowest BCUT2D eigenvalue weighted by Gasteiger charge is -2.13. The third-order valence-corrected chi connectivity index (χ3v) is 3.11. The number of nitrogens with one attached hydrogen (secondary N) is 1. The van der Waals surface area contributed by atoms with Gasteiger partial charge in [-0.05, 0) is 24.3 Å². The molecule has 0 aliphatic heterocycles. The van der Waals surface area contributed by atoms with Crippen LogP contribution in [0.3, 0.4) is 0 Å². The highest BCUT2D eigenvalue weighted by atomic mass is 16.5. The van der Waals surface area contributed by atoms with Crippen molar-refractivity contribution in [2.45, 2.75) is 0 Å². The zero-order valence-corrected chi connectivity index (χ0v) is 11.8. The molecule has 3 aromatic rings. The van der Waals surface area contributed by atoms with Gasteiger partial charge in [0, 0.05) is 0 Å². The largest absolute Gasteiger partial charge is 0.493 e. The molecule has 21 heavy (non-hydrogen) atoms. The summed E-state index contributed by atoms with van der Waals surface area (Å²) in [6, 6.07) is 13.4. The highest BCUT2D eigenvalue weighted by Crippen LogP contribution is 2.36. The van der Waals surface area contributed by atoms with Gasteiger partial charge in [-0.15, -0.1) is 0 Å². The molecule has 0 fully saturated rings. The highest BCUT2D eigenvalue weighted by molar-refractivity contribution is 5.77. The predicted molar refractivity (Wildman–Crippen MR) is 82.4 cm³/mol. The van der Waals surface area contributed by atoms with E-state index in [1.165, 1.54) is 0 Å². The fourth-order valence-electron chi connectivity index (χ4n) is 2.14. The Balaban J connectivity index is 1.98. The SMILES string of the molecule is COc1cccc(Nc2cnc3ccccc3n2)c1OC. The van der Waals surface area contributed by atoms with Gasteiger partial charge in [-0.1, -0.05) is 18.2 Å². The molecule has 1 heterocycles. The van der Waals surface area contributed by atoms with E-state index in [0.29, 0.717) is 17.3 Å². The van der Waals surface area contributed by atoms with E-state index in [2.05, 4.69) is 15.3 Å². The van der Waals surface area contributed by atoms with Crippen LogP contribution in [0.25, 0.3) is 11.0 Å². The Morgan fingerprint density at radius 1 is 0.905 bits per heavy atom. The number of fused-ring (bicyclic) bond motifs is 1. The van der Waals surface area contributed by atoms with E-state index >= 15 is 0 Å². The minimum absolute atomic E-state index is 0.634. The predicted octanol–water partition coefficient (Wildman–Crippen LogP) is 3.39. The van der Waals surface area contributed by atoms with Crippen LogP contribution < -0.4 is 14.8 Å². The van der Waals surface area contributed by atoms with Gasteiger partial charge in [0.25, 0.3) is 0 Å². The Bertz CT molecular complexity index is 774. The molecule has 0 radical (unpaired) electrons.